The van der Waals surface area contributed by atoms with E-state index in [2.05, 4.69) is 25.9 Å². The predicted molar refractivity (Wildman–Crippen MR) is 121 cm³/mol. The highest BCUT2D eigenvalue weighted by molar-refractivity contribution is 7.12. The van der Waals surface area contributed by atoms with Gasteiger partial charge < -0.3 is 25.7 Å². The molecule has 1 aromatic carbocycles. The molecule has 11 heteroatoms. The number of thiophene rings is 1. The minimum absolute atomic E-state index is 0.294. The summed E-state index contributed by atoms with van der Waals surface area (Å²) in [5, 5.41) is 12.1. The maximum Gasteiger partial charge on any atom is 0.416 e. The van der Waals surface area contributed by atoms with Gasteiger partial charge in [-0.15, -0.1) is 11.3 Å². The van der Waals surface area contributed by atoms with E-state index in [1.165, 1.54) is 23.5 Å². The molecule has 0 spiro atoms. The Morgan fingerprint density at radius 2 is 1.88 bits per heavy atom. The van der Waals surface area contributed by atoms with E-state index in [9.17, 15) is 18.0 Å². The smallest absolute Gasteiger partial charge is 0.397 e. The molecule has 1 amide bonds. The molecule has 0 atom stereocenters. The van der Waals surface area contributed by atoms with Crippen LogP contribution in [0.3, 0.4) is 0 Å². The summed E-state index contributed by atoms with van der Waals surface area (Å²) in [5.74, 6) is 0. The monoisotopic (exact) mass is 475 g/mol. The van der Waals surface area contributed by atoms with Crippen LogP contribution < -0.4 is 20.7 Å². The summed E-state index contributed by atoms with van der Waals surface area (Å²) >= 11 is 1.28. The van der Waals surface area contributed by atoms with Gasteiger partial charge in [0.15, 0.2) is 0 Å². The third kappa shape index (κ3) is 5.82. The Morgan fingerprint density at radius 3 is 2.67 bits per heavy atom. The lowest BCUT2D eigenvalue weighted by Gasteiger charge is -2.10. The van der Waals surface area contributed by atoms with E-state index in [0.29, 0.717) is 35.9 Å². The maximum atomic E-state index is 12.6. The van der Waals surface area contributed by atoms with E-state index in [0.717, 1.165) is 28.9 Å². The summed E-state index contributed by atoms with van der Waals surface area (Å²) in [6, 6.07) is 10.5. The molecule has 0 unspecified atom stereocenters. The number of benzene rings is 1. The van der Waals surface area contributed by atoms with Gasteiger partial charge in [-0.1, -0.05) is 12.1 Å². The van der Waals surface area contributed by atoms with Crippen molar-refractivity contribution in [3.05, 3.63) is 71.4 Å². The van der Waals surface area contributed by atoms with Gasteiger partial charge in [0.25, 0.3) is 0 Å². The Kier molecular flexibility index (Phi) is 6.80. The molecule has 0 radical (unpaired) electrons. The number of anilines is 2. The highest BCUT2D eigenvalue weighted by Gasteiger charge is 2.29. The SMILES string of the molecule is O=C(NCCNCc1ccc(C(F)(F)F)cc1)Oc1sccc1Nc1ccnc2[nH]ccc12. The Hall–Kier alpha value is -3.57. The van der Waals surface area contributed by atoms with Crippen LogP contribution >= 0.6 is 11.3 Å². The van der Waals surface area contributed by atoms with Crippen molar-refractivity contribution < 1.29 is 22.7 Å². The third-order valence-corrected chi connectivity index (χ3v) is 5.52. The number of pyridine rings is 1. The number of aromatic nitrogens is 2. The van der Waals surface area contributed by atoms with Crippen LogP contribution in [0.15, 0.2) is 60.2 Å². The fourth-order valence-corrected chi connectivity index (χ4v) is 3.80. The Bertz CT molecular complexity index is 1220. The number of hydrogen-bond donors (Lipinski definition) is 4. The number of H-pyrrole nitrogens is 1. The van der Waals surface area contributed by atoms with Crippen LogP contribution in [0.25, 0.3) is 11.0 Å². The van der Waals surface area contributed by atoms with Gasteiger partial charge in [-0.2, -0.15) is 13.2 Å². The molecule has 0 saturated heterocycles. The minimum atomic E-state index is -4.35. The number of hydrogen-bond acceptors (Lipinski definition) is 6. The standard InChI is InChI=1S/C22H20F3N5O2S/c23-22(24,25)15-3-1-14(2-4-15)13-26-10-11-29-21(31)32-20-18(7-12-33-20)30-17-6-9-28-19-16(17)5-8-27-19/h1-9,12,26H,10-11,13H2,(H,29,31)(H2,27,28,30). The summed E-state index contributed by atoms with van der Waals surface area (Å²) in [6.45, 7) is 1.10. The van der Waals surface area contributed by atoms with Crippen LogP contribution in [0.1, 0.15) is 11.1 Å². The first kappa shape index (κ1) is 22.6. The molecule has 4 N–H and O–H groups in total. The zero-order valence-corrected chi connectivity index (χ0v) is 18.0. The van der Waals surface area contributed by atoms with Gasteiger partial charge in [-0.3, -0.25) is 0 Å². The highest BCUT2D eigenvalue weighted by atomic mass is 32.1. The minimum Gasteiger partial charge on any atom is -0.397 e. The Labute approximate surface area is 191 Å². The molecule has 0 aliphatic rings. The average molecular weight is 475 g/mol. The number of halogens is 3. The largest absolute Gasteiger partial charge is 0.416 e. The topological polar surface area (TPSA) is 91.1 Å². The van der Waals surface area contributed by atoms with Crippen molar-refractivity contribution in [2.75, 3.05) is 18.4 Å². The van der Waals surface area contributed by atoms with Gasteiger partial charge in [-0.05, 0) is 41.3 Å². The van der Waals surface area contributed by atoms with Crippen molar-refractivity contribution in [2.24, 2.45) is 0 Å². The Balaban J connectivity index is 1.22. The zero-order chi connectivity index (χ0) is 23.3. The van der Waals surface area contributed by atoms with Gasteiger partial charge in [0.05, 0.1) is 16.9 Å². The molecule has 0 aliphatic carbocycles. The molecule has 172 valence electrons. The molecule has 4 rings (SSSR count). The van der Waals surface area contributed by atoms with Crippen molar-refractivity contribution in [3.63, 3.8) is 0 Å². The normalized spacial score (nSPS) is 11.5. The van der Waals surface area contributed by atoms with Gasteiger partial charge in [0.2, 0.25) is 5.06 Å². The van der Waals surface area contributed by atoms with Crippen LogP contribution in [0.4, 0.5) is 29.3 Å². The van der Waals surface area contributed by atoms with Crippen LogP contribution in [-0.4, -0.2) is 29.2 Å². The van der Waals surface area contributed by atoms with Crippen molar-refractivity contribution in [1.82, 2.24) is 20.6 Å². The molecule has 33 heavy (non-hydrogen) atoms. The molecular weight excluding hydrogens is 455 g/mol. The fraction of sp³-hybridized carbons (Fsp3) is 0.182. The molecule has 0 aliphatic heterocycles. The van der Waals surface area contributed by atoms with Gasteiger partial charge >= 0.3 is 12.3 Å². The summed E-state index contributed by atoms with van der Waals surface area (Å²) in [5.41, 5.74) is 2.27. The molecule has 4 aromatic rings. The fourth-order valence-electron chi connectivity index (χ4n) is 3.10. The quantitative estimate of drug-likeness (QED) is 0.261. The number of amides is 1. The zero-order valence-electron chi connectivity index (χ0n) is 17.2. The average Bonchev–Trinajstić information content (AvgIpc) is 3.43. The van der Waals surface area contributed by atoms with Crippen molar-refractivity contribution in [3.8, 4) is 5.06 Å². The number of nitrogens with zero attached hydrogens (tertiary/aromatic N) is 1. The lowest BCUT2D eigenvalue weighted by molar-refractivity contribution is -0.137. The second-order valence-corrected chi connectivity index (χ2v) is 7.91. The number of alkyl halides is 3. The van der Waals surface area contributed by atoms with Gasteiger partial charge in [0, 0.05) is 37.4 Å². The van der Waals surface area contributed by atoms with Gasteiger partial charge in [-0.25, -0.2) is 9.78 Å². The van der Waals surface area contributed by atoms with E-state index >= 15 is 0 Å². The second kappa shape index (κ2) is 9.92. The van der Waals surface area contributed by atoms with Crippen LogP contribution in [0.5, 0.6) is 5.06 Å². The van der Waals surface area contributed by atoms with Crippen LogP contribution in [-0.2, 0) is 12.7 Å². The van der Waals surface area contributed by atoms with Crippen molar-refractivity contribution in [1.29, 1.82) is 0 Å². The summed E-state index contributed by atoms with van der Waals surface area (Å²) in [6.07, 6.45) is -1.47. The lowest BCUT2D eigenvalue weighted by Crippen LogP contribution is -2.33. The first-order chi connectivity index (χ1) is 15.9. The van der Waals surface area contributed by atoms with Gasteiger partial charge in [0.1, 0.15) is 5.65 Å². The number of ether oxygens (including phenoxy) is 1. The molecule has 0 saturated carbocycles. The molecular formula is C22H20F3N5O2S. The molecule has 0 fully saturated rings. The lowest BCUT2D eigenvalue weighted by atomic mass is 10.1. The number of aromatic amines is 1. The number of nitrogens with one attached hydrogen (secondary N) is 4. The van der Waals surface area contributed by atoms with Crippen LogP contribution in [0.2, 0.25) is 0 Å². The maximum absolute atomic E-state index is 12.6. The van der Waals surface area contributed by atoms with E-state index in [-0.39, 0.29) is 0 Å². The van der Waals surface area contributed by atoms with Crippen molar-refractivity contribution in [2.45, 2.75) is 12.7 Å². The van der Waals surface area contributed by atoms with E-state index in [4.69, 9.17) is 4.74 Å². The van der Waals surface area contributed by atoms with E-state index < -0.39 is 17.8 Å². The third-order valence-electron chi connectivity index (χ3n) is 4.73. The Morgan fingerprint density at radius 1 is 1.06 bits per heavy atom. The highest BCUT2D eigenvalue weighted by Crippen LogP contribution is 2.35. The van der Waals surface area contributed by atoms with E-state index in [1.807, 2.05) is 23.6 Å². The van der Waals surface area contributed by atoms with Crippen LogP contribution in [0, 0.1) is 0 Å². The summed E-state index contributed by atoms with van der Waals surface area (Å²) < 4.78 is 43.2. The predicted octanol–water partition coefficient (Wildman–Crippen LogP) is 5.27. The number of rotatable bonds is 8. The molecule has 3 heterocycles. The number of carbonyl (C=O) groups is 1. The van der Waals surface area contributed by atoms with Crippen molar-refractivity contribution >= 4 is 39.8 Å². The number of carbonyl (C=O) groups excluding carboxylic acids is 1. The summed E-state index contributed by atoms with van der Waals surface area (Å²) in [4.78, 5) is 19.4. The molecule has 0 bridgehead atoms. The first-order valence-corrected chi connectivity index (χ1v) is 10.9. The number of fused-ring (bicyclic) bond motifs is 1. The molecule has 3 aromatic heterocycles. The first-order valence-electron chi connectivity index (χ1n) is 9.99. The second-order valence-electron chi connectivity index (χ2n) is 7.03. The summed E-state index contributed by atoms with van der Waals surface area (Å²) in [7, 11) is 0. The molecule has 7 nitrogen and oxygen atoms in total. The van der Waals surface area contributed by atoms with E-state index in [1.54, 1.807) is 12.4 Å².